The molecule has 0 unspecified atom stereocenters. The molecule has 1 rings (SSSR count). The van der Waals surface area contributed by atoms with Gasteiger partial charge in [0.05, 0.1) is 0 Å². The summed E-state index contributed by atoms with van der Waals surface area (Å²) in [6.45, 7) is 0. The molecule has 0 aliphatic rings. The van der Waals surface area contributed by atoms with Crippen molar-refractivity contribution in [2.45, 2.75) is 0 Å². The molecule has 1 heterocycles. The summed E-state index contributed by atoms with van der Waals surface area (Å²) in [5, 5.41) is 0. The fourth-order valence-corrected chi connectivity index (χ4v) is 1.14. The summed E-state index contributed by atoms with van der Waals surface area (Å²) in [4.78, 5) is 24.6. The van der Waals surface area contributed by atoms with Gasteiger partial charge in [-0.25, -0.2) is 0 Å². The van der Waals surface area contributed by atoms with Crippen molar-refractivity contribution in [1.82, 2.24) is 15.8 Å². The lowest BCUT2D eigenvalue weighted by atomic mass is 10.4. The topological polar surface area (TPSA) is 74.0 Å². The average Bonchev–Trinajstić information content (AvgIpc) is 2.60. The van der Waals surface area contributed by atoms with Gasteiger partial charge in [-0.3, -0.25) is 20.4 Å². The summed E-state index contributed by atoms with van der Waals surface area (Å²) in [5.74, 6) is -1.10. The fourth-order valence-electron chi connectivity index (χ4n) is 0.726. The third kappa shape index (κ3) is 3.04. The number of hydrogen-bond donors (Lipinski definition) is 3. The molecule has 0 bridgehead atoms. The smallest absolute Gasteiger partial charge is 0.286 e. The highest BCUT2D eigenvalue weighted by atomic mass is 79.9. The Hall–Kier alpha value is -1.01. The van der Waals surface area contributed by atoms with Crippen LogP contribution < -0.4 is 10.9 Å². The van der Waals surface area contributed by atoms with Crippen LogP contribution in [0.15, 0.2) is 16.7 Å². The van der Waals surface area contributed by atoms with E-state index in [1.807, 2.05) is 0 Å². The maximum atomic E-state index is 11.3. The van der Waals surface area contributed by atoms with Crippen LogP contribution >= 0.6 is 27.5 Å². The number of carbonyl (C=O) groups excluding carboxylic acids is 2. The van der Waals surface area contributed by atoms with Crippen molar-refractivity contribution in [1.29, 1.82) is 0 Å². The number of alkyl halides is 1. The van der Waals surface area contributed by atoms with Gasteiger partial charge in [-0.1, -0.05) is 0 Å². The molecule has 0 aromatic carbocycles. The monoisotopic (exact) mass is 279 g/mol. The molecule has 0 aliphatic carbocycles. The van der Waals surface area contributed by atoms with Crippen LogP contribution in [0, 0.1) is 0 Å². The molecular formula is C7H7BrClN3O2. The van der Waals surface area contributed by atoms with Crippen molar-refractivity contribution in [2.75, 3.05) is 5.88 Å². The molecule has 2 amide bonds. The number of H-pyrrole nitrogens is 1. The second-order valence-electron chi connectivity index (χ2n) is 2.37. The Kier molecular flexibility index (Phi) is 3.97. The van der Waals surface area contributed by atoms with Crippen LogP contribution in [0.2, 0.25) is 0 Å². The van der Waals surface area contributed by atoms with Gasteiger partial charge in [0.25, 0.3) is 11.8 Å². The molecule has 76 valence electrons. The minimum absolute atomic E-state index is 0.200. The number of hydrazine groups is 1. The van der Waals surface area contributed by atoms with Crippen molar-refractivity contribution < 1.29 is 9.59 Å². The zero-order chi connectivity index (χ0) is 10.6. The van der Waals surface area contributed by atoms with E-state index >= 15 is 0 Å². The number of nitrogens with one attached hydrogen (secondary N) is 3. The van der Waals surface area contributed by atoms with Crippen molar-refractivity contribution in [3.8, 4) is 0 Å². The summed E-state index contributed by atoms with van der Waals surface area (Å²) in [5.41, 5.74) is 4.66. The van der Waals surface area contributed by atoms with Crippen LogP contribution in [0.1, 0.15) is 10.5 Å². The zero-order valence-corrected chi connectivity index (χ0v) is 9.28. The number of aromatic nitrogens is 1. The zero-order valence-electron chi connectivity index (χ0n) is 6.93. The Balaban J connectivity index is 2.47. The normalized spacial score (nSPS) is 9.57. The molecule has 0 spiro atoms. The molecule has 5 nitrogen and oxygen atoms in total. The van der Waals surface area contributed by atoms with Gasteiger partial charge in [0.15, 0.2) is 0 Å². The van der Waals surface area contributed by atoms with Gasteiger partial charge in [0.1, 0.15) is 11.6 Å². The van der Waals surface area contributed by atoms with Crippen LogP contribution in [-0.4, -0.2) is 22.7 Å². The molecule has 0 atom stereocenters. The first kappa shape index (κ1) is 11.1. The summed E-state index contributed by atoms with van der Waals surface area (Å²) >= 11 is 8.38. The molecular weight excluding hydrogens is 273 g/mol. The number of amides is 2. The lowest BCUT2D eigenvalue weighted by molar-refractivity contribution is -0.119. The highest BCUT2D eigenvalue weighted by Crippen LogP contribution is 2.09. The van der Waals surface area contributed by atoms with E-state index in [9.17, 15) is 9.59 Å². The average molecular weight is 281 g/mol. The molecule has 0 fully saturated rings. The molecule has 0 saturated heterocycles. The van der Waals surface area contributed by atoms with Crippen LogP contribution in [-0.2, 0) is 4.79 Å². The van der Waals surface area contributed by atoms with E-state index in [4.69, 9.17) is 11.6 Å². The molecule has 3 N–H and O–H groups in total. The number of halogens is 2. The number of aromatic amines is 1. The van der Waals surface area contributed by atoms with Crippen molar-refractivity contribution >= 4 is 39.3 Å². The van der Waals surface area contributed by atoms with Crippen molar-refractivity contribution in [2.24, 2.45) is 0 Å². The molecule has 0 radical (unpaired) electrons. The molecule has 1 aromatic rings. The van der Waals surface area contributed by atoms with Gasteiger partial charge in [0.2, 0.25) is 0 Å². The van der Waals surface area contributed by atoms with E-state index in [1.165, 1.54) is 0 Å². The quantitative estimate of drug-likeness (QED) is 0.553. The molecule has 7 heteroatoms. The van der Waals surface area contributed by atoms with Gasteiger partial charge in [0, 0.05) is 10.7 Å². The highest BCUT2D eigenvalue weighted by Gasteiger charge is 2.07. The first-order valence-corrected chi connectivity index (χ1v) is 4.95. The van der Waals surface area contributed by atoms with E-state index in [0.29, 0.717) is 5.69 Å². The maximum Gasteiger partial charge on any atom is 0.286 e. The highest BCUT2D eigenvalue weighted by molar-refractivity contribution is 9.10. The Morgan fingerprint density at radius 1 is 1.50 bits per heavy atom. The first-order chi connectivity index (χ1) is 6.63. The Morgan fingerprint density at radius 2 is 2.21 bits per heavy atom. The minimum atomic E-state index is -0.467. The number of hydrogen-bond acceptors (Lipinski definition) is 2. The van der Waals surface area contributed by atoms with Gasteiger partial charge < -0.3 is 4.98 Å². The second kappa shape index (κ2) is 5.02. The van der Waals surface area contributed by atoms with Gasteiger partial charge >= 0.3 is 0 Å². The van der Waals surface area contributed by atoms with Crippen LogP contribution in [0.25, 0.3) is 0 Å². The summed E-state index contributed by atoms with van der Waals surface area (Å²) < 4.78 is 0.756. The maximum absolute atomic E-state index is 11.3. The second-order valence-corrected chi connectivity index (χ2v) is 3.55. The van der Waals surface area contributed by atoms with Gasteiger partial charge in [-0.15, -0.1) is 11.6 Å². The van der Waals surface area contributed by atoms with Crippen molar-refractivity contribution in [3.63, 3.8) is 0 Å². The molecule has 14 heavy (non-hydrogen) atoms. The molecule has 1 aromatic heterocycles. The third-order valence-corrected chi connectivity index (χ3v) is 2.03. The Morgan fingerprint density at radius 3 is 2.71 bits per heavy atom. The Bertz CT molecular complexity index is 352. The fraction of sp³-hybridized carbons (Fsp3) is 0.143. The molecule has 0 aliphatic heterocycles. The lowest BCUT2D eigenvalue weighted by Gasteiger charge is -2.03. The lowest BCUT2D eigenvalue weighted by Crippen LogP contribution is -2.42. The van der Waals surface area contributed by atoms with Crippen molar-refractivity contribution in [3.05, 3.63) is 22.4 Å². The largest absolute Gasteiger partial charge is 0.356 e. The van der Waals surface area contributed by atoms with E-state index in [1.54, 1.807) is 12.3 Å². The summed E-state index contributed by atoms with van der Waals surface area (Å²) in [6.07, 6.45) is 1.61. The van der Waals surface area contributed by atoms with Gasteiger partial charge in [-0.2, -0.15) is 0 Å². The number of rotatable bonds is 2. The van der Waals surface area contributed by atoms with E-state index in [0.717, 1.165) is 4.47 Å². The summed E-state index contributed by atoms with van der Waals surface area (Å²) in [6, 6.07) is 1.59. The van der Waals surface area contributed by atoms with Crippen LogP contribution in [0.3, 0.4) is 0 Å². The first-order valence-electron chi connectivity index (χ1n) is 3.62. The summed E-state index contributed by atoms with van der Waals surface area (Å²) in [7, 11) is 0. The van der Waals surface area contributed by atoms with E-state index in [2.05, 4.69) is 31.8 Å². The standard InChI is InChI=1S/C7H7BrClN3O2/c8-4-1-5(10-3-4)7(14)12-11-6(13)2-9/h1,3,10H,2H2,(H,11,13)(H,12,14). The predicted molar refractivity (Wildman–Crippen MR) is 54.8 cm³/mol. The van der Waals surface area contributed by atoms with E-state index in [-0.39, 0.29) is 5.88 Å². The SMILES string of the molecule is O=C(CCl)NNC(=O)c1cc(Br)c[nH]1. The number of carbonyl (C=O) groups is 2. The molecule has 0 saturated carbocycles. The van der Waals surface area contributed by atoms with Crippen LogP contribution in [0.4, 0.5) is 0 Å². The predicted octanol–water partition coefficient (Wildman–Crippen LogP) is 0.777. The van der Waals surface area contributed by atoms with Crippen LogP contribution in [0.5, 0.6) is 0 Å². The minimum Gasteiger partial charge on any atom is -0.356 e. The Labute approximate surface area is 93.3 Å². The van der Waals surface area contributed by atoms with E-state index < -0.39 is 11.8 Å². The van der Waals surface area contributed by atoms with Gasteiger partial charge in [-0.05, 0) is 22.0 Å². The third-order valence-electron chi connectivity index (χ3n) is 1.33.